The summed E-state index contributed by atoms with van der Waals surface area (Å²) in [4.78, 5) is 14.9. The number of carbonyl (C=O) groups is 1. The average molecular weight is 529 g/mol. The molecular weight excluding hydrogens is 500 g/mol. The Labute approximate surface area is 217 Å². The van der Waals surface area contributed by atoms with Gasteiger partial charge in [0.05, 0.1) is 23.9 Å². The second-order valence-electron chi connectivity index (χ2n) is 7.72. The van der Waals surface area contributed by atoms with Crippen molar-refractivity contribution >= 4 is 45.1 Å². The van der Waals surface area contributed by atoms with E-state index < -0.39 is 22.5 Å². The highest BCUT2D eigenvalue weighted by Gasteiger charge is 2.27. The van der Waals surface area contributed by atoms with Gasteiger partial charge in [-0.05, 0) is 80.1 Å². The molecule has 0 bridgehead atoms. The van der Waals surface area contributed by atoms with Crippen molar-refractivity contribution in [2.45, 2.75) is 18.7 Å². The standard InChI is InChI=1S/C26H29ClN4O4S/c1-4-30(5-2)22-10-6-20(7-11-22)18-28-29-26(32)19-31(23-12-8-21(27)9-13-23)36(33,34)25-16-14-24(35-3)15-17-25/h6-18H,4-5,19H2,1-3H3,(H,29,32)/b28-18-. The summed E-state index contributed by atoms with van der Waals surface area (Å²) < 4.78 is 32.9. The predicted octanol–water partition coefficient (Wildman–Crippen LogP) is 4.54. The Morgan fingerprint density at radius 1 is 0.944 bits per heavy atom. The molecule has 1 N–H and O–H groups in total. The molecule has 0 aliphatic heterocycles. The third-order valence-electron chi connectivity index (χ3n) is 5.47. The number of hydrazone groups is 1. The van der Waals surface area contributed by atoms with Crippen molar-refractivity contribution in [3.63, 3.8) is 0 Å². The van der Waals surface area contributed by atoms with Gasteiger partial charge < -0.3 is 9.64 Å². The molecule has 0 saturated carbocycles. The number of hydrogen-bond donors (Lipinski definition) is 1. The van der Waals surface area contributed by atoms with Gasteiger partial charge in [0, 0.05) is 23.8 Å². The summed E-state index contributed by atoms with van der Waals surface area (Å²) in [6.07, 6.45) is 1.51. The number of halogens is 1. The van der Waals surface area contributed by atoms with Crippen LogP contribution in [0.3, 0.4) is 0 Å². The Hall–Kier alpha value is -3.56. The largest absolute Gasteiger partial charge is 0.497 e. The lowest BCUT2D eigenvalue weighted by Gasteiger charge is -2.23. The van der Waals surface area contributed by atoms with Crippen LogP contribution < -0.4 is 19.4 Å². The fourth-order valence-electron chi connectivity index (χ4n) is 3.50. The Bertz CT molecular complexity index is 1280. The van der Waals surface area contributed by atoms with E-state index in [1.165, 1.54) is 37.6 Å². The zero-order valence-electron chi connectivity index (χ0n) is 20.4. The van der Waals surface area contributed by atoms with Gasteiger partial charge in [0.15, 0.2) is 0 Å². The first kappa shape index (κ1) is 27.0. The summed E-state index contributed by atoms with van der Waals surface area (Å²) in [7, 11) is -2.57. The molecule has 0 aliphatic carbocycles. The van der Waals surface area contributed by atoms with E-state index in [2.05, 4.69) is 29.3 Å². The lowest BCUT2D eigenvalue weighted by molar-refractivity contribution is -0.119. The van der Waals surface area contributed by atoms with E-state index in [9.17, 15) is 13.2 Å². The minimum Gasteiger partial charge on any atom is -0.497 e. The molecule has 0 atom stereocenters. The molecule has 0 spiro atoms. The van der Waals surface area contributed by atoms with Crippen LogP contribution in [0.5, 0.6) is 5.75 Å². The topological polar surface area (TPSA) is 91.3 Å². The number of methoxy groups -OCH3 is 1. The maximum Gasteiger partial charge on any atom is 0.264 e. The van der Waals surface area contributed by atoms with E-state index in [4.69, 9.17) is 16.3 Å². The Morgan fingerprint density at radius 3 is 2.08 bits per heavy atom. The van der Waals surface area contributed by atoms with Crippen LogP contribution in [0.15, 0.2) is 82.8 Å². The molecule has 8 nitrogen and oxygen atoms in total. The van der Waals surface area contributed by atoms with Crippen LogP contribution in [0.25, 0.3) is 0 Å². The minimum absolute atomic E-state index is 0.0165. The van der Waals surface area contributed by atoms with Crippen LogP contribution in [0.4, 0.5) is 11.4 Å². The fraction of sp³-hybridized carbons (Fsp3) is 0.231. The van der Waals surface area contributed by atoms with E-state index in [-0.39, 0.29) is 4.90 Å². The van der Waals surface area contributed by atoms with Gasteiger partial charge in [-0.1, -0.05) is 23.7 Å². The van der Waals surface area contributed by atoms with E-state index in [0.717, 1.165) is 28.6 Å². The molecule has 0 aliphatic rings. The van der Waals surface area contributed by atoms with Gasteiger partial charge in [-0.2, -0.15) is 5.10 Å². The summed E-state index contributed by atoms with van der Waals surface area (Å²) in [5, 5.41) is 4.44. The Morgan fingerprint density at radius 2 is 1.53 bits per heavy atom. The quantitative estimate of drug-likeness (QED) is 0.291. The third kappa shape index (κ3) is 6.77. The molecule has 0 fully saturated rings. The first-order valence-electron chi connectivity index (χ1n) is 11.4. The number of nitrogens with one attached hydrogen (secondary N) is 1. The highest BCUT2D eigenvalue weighted by Crippen LogP contribution is 2.26. The first-order valence-corrected chi connectivity index (χ1v) is 13.2. The maximum atomic E-state index is 13.4. The van der Waals surface area contributed by atoms with E-state index in [1.54, 1.807) is 24.3 Å². The molecule has 3 aromatic carbocycles. The van der Waals surface area contributed by atoms with Crippen molar-refractivity contribution in [2.75, 3.05) is 35.9 Å². The van der Waals surface area contributed by atoms with E-state index >= 15 is 0 Å². The number of sulfonamides is 1. The summed E-state index contributed by atoms with van der Waals surface area (Å²) in [6, 6.07) is 19.9. The number of ether oxygens (including phenoxy) is 1. The first-order chi connectivity index (χ1) is 17.3. The van der Waals surface area contributed by atoms with Crippen LogP contribution in [0.1, 0.15) is 19.4 Å². The number of benzene rings is 3. The molecule has 3 rings (SSSR count). The number of hydrogen-bond acceptors (Lipinski definition) is 6. The van der Waals surface area contributed by atoms with Gasteiger partial charge in [0.1, 0.15) is 12.3 Å². The van der Waals surface area contributed by atoms with Gasteiger partial charge >= 0.3 is 0 Å². The van der Waals surface area contributed by atoms with E-state index in [0.29, 0.717) is 16.5 Å². The minimum atomic E-state index is -4.06. The smallest absolute Gasteiger partial charge is 0.264 e. The van der Waals surface area contributed by atoms with Crippen molar-refractivity contribution in [1.29, 1.82) is 0 Å². The second-order valence-corrected chi connectivity index (χ2v) is 10.0. The molecule has 190 valence electrons. The van der Waals surface area contributed by atoms with Gasteiger partial charge in [-0.15, -0.1) is 0 Å². The normalized spacial score (nSPS) is 11.3. The summed E-state index contributed by atoms with van der Waals surface area (Å²) in [6.45, 7) is 5.52. The fourth-order valence-corrected chi connectivity index (χ4v) is 5.05. The molecule has 10 heteroatoms. The Kier molecular flexibility index (Phi) is 9.32. The zero-order valence-corrected chi connectivity index (χ0v) is 22.0. The zero-order chi connectivity index (χ0) is 26.1. The third-order valence-corrected chi connectivity index (χ3v) is 7.51. The Balaban J connectivity index is 1.76. The number of rotatable bonds is 11. The number of carbonyl (C=O) groups excluding carboxylic acids is 1. The van der Waals surface area contributed by atoms with Crippen LogP contribution in [-0.4, -0.2) is 47.3 Å². The molecule has 0 aromatic heterocycles. The lowest BCUT2D eigenvalue weighted by Crippen LogP contribution is -2.39. The highest BCUT2D eigenvalue weighted by atomic mass is 35.5. The van der Waals surface area contributed by atoms with Crippen LogP contribution in [0, 0.1) is 0 Å². The van der Waals surface area contributed by atoms with Crippen molar-refractivity contribution in [3.05, 3.63) is 83.4 Å². The van der Waals surface area contributed by atoms with Gasteiger partial charge in [0.2, 0.25) is 0 Å². The molecule has 0 saturated heterocycles. The van der Waals surface area contributed by atoms with Crippen molar-refractivity contribution in [2.24, 2.45) is 5.10 Å². The molecule has 3 aromatic rings. The number of nitrogens with zero attached hydrogens (tertiary/aromatic N) is 3. The lowest BCUT2D eigenvalue weighted by atomic mass is 10.2. The predicted molar refractivity (Wildman–Crippen MR) is 145 cm³/mol. The van der Waals surface area contributed by atoms with Crippen molar-refractivity contribution in [1.82, 2.24) is 5.43 Å². The second kappa shape index (κ2) is 12.4. The van der Waals surface area contributed by atoms with Crippen LogP contribution >= 0.6 is 11.6 Å². The maximum absolute atomic E-state index is 13.4. The molecular formula is C26H29ClN4O4S. The number of amides is 1. The van der Waals surface area contributed by atoms with E-state index in [1.807, 2.05) is 24.3 Å². The average Bonchev–Trinajstić information content (AvgIpc) is 2.89. The monoisotopic (exact) mass is 528 g/mol. The SMILES string of the molecule is CCN(CC)c1ccc(/C=N\NC(=O)CN(c2ccc(Cl)cc2)S(=O)(=O)c2ccc(OC)cc2)cc1. The summed E-state index contributed by atoms with van der Waals surface area (Å²) in [5.41, 5.74) is 4.60. The van der Waals surface area contributed by atoms with Gasteiger partial charge in [-0.3, -0.25) is 9.10 Å². The molecule has 36 heavy (non-hydrogen) atoms. The van der Waals surface area contributed by atoms with Gasteiger partial charge in [0.25, 0.3) is 15.9 Å². The molecule has 0 unspecified atom stereocenters. The summed E-state index contributed by atoms with van der Waals surface area (Å²) >= 11 is 5.97. The molecule has 1 amide bonds. The molecule has 0 radical (unpaired) electrons. The summed E-state index contributed by atoms with van der Waals surface area (Å²) in [5.74, 6) is -0.0812. The molecule has 0 heterocycles. The number of anilines is 2. The van der Waals surface area contributed by atoms with Crippen molar-refractivity contribution in [3.8, 4) is 5.75 Å². The van der Waals surface area contributed by atoms with Crippen LogP contribution in [0.2, 0.25) is 5.02 Å². The van der Waals surface area contributed by atoms with Gasteiger partial charge in [-0.25, -0.2) is 13.8 Å². The highest BCUT2D eigenvalue weighted by molar-refractivity contribution is 7.92. The van der Waals surface area contributed by atoms with Crippen molar-refractivity contribution < 1.29 is 17.9 Å². The van der Waals surface area contributed by atoms with Crippen LogP contribution in [-0.2, 0) is 14.8 Å².